The molecule has 0 heterocycles. The zero-order valence-electron chi connectivity index (χ0n) is 13.8. The first-order valence-corrected chi connectivity index (χ1v) is 7.58. The van der Waals surface area contributed by atoms with Gasteiger partial charge in [-0.25, -0.2) is 4.79 Å². The number of amides is 1. The van der Waals surface area contributed by atoms with E-state index in [1.807, 2.05) is 13.8 Å². The summed E-state index contributed by atoms with van der Waals surface area (Å²) >= 11 is 5.94. The Morgan fingerprint density at radius 1 is 1.26 bits per heavy atom. The van der Waals surface area contributed by atoms with Crippen LogP contribution < -0.4 is 10.1 Å². The van der Waals surface area contributed by atoms with E-state index in [1.54, 1.807) is 12.1 Å². The Kier molecular flexibility index (Phi) is 7.85. The van der Waals surface area contributed by atoms with Gasteiger partial charge in [0.1, 0.15) is 5.75 Å². The third-order valence-electron chi connectivity index (χ3n) is 3.04. The van der Waals surface area contributed by atoms with Gasteiger partial charge in [0.05, 0.1) is 6.61 Å². The van der Waals surface area contributed by atoms with Gasteiger partial charge in [-0.1, -0.05) is 11.6 Å². The Balaban J connectivity index is 2.47. The molecule has 0 radical (unpaired) electrons. The summed E-state index contributed by atoms with van der Waals surface area (Å²) in [4.78, 5) is 23.4. The third kappa shape index (κ3) is 6.46. The SMILES string of the molecule is COCCNC(=O)[C@H](C)OC(=O)COc1c(C)cc(Cl)cc1C. The zero-order chi connectivity index (χ0) is 17.4. The van der Waals surface area contributed by atoms with Crippen LogP contribution in [0.4, 0.5) is 0 Å². The highest BCUT2D eigenvalue weighted by Gasteiger charge is 2.18. The summed E-state index contributed by atoms with van der Waals surface area (Å²) in [5.41, 5.74) is 1.65. The highest BCUT2D eigenvalue weighted by atomic mass is 35.5. The Labute approximate surface area is 141 Å². The predicted octanol–water partition coefficient (Wildman–Crippen LogP) is 2.03. The number of methoxy groups -OCH3 is 1. The monoisotopic (exact) mass is 343 g/mol. The van der Waals surface area contributed by atoms with Crippen LogP contribution in [0.25, 0.3) is 0 Å². The smallest absolute Gasteiger partial charge is 0.344 e. The fraction of sp³-hybridized carbons (Fsp3) is 0.500. The number of hydrogen-bond acceptors (Lipinski definition) is 5. The average molecular weight is 344 g/mol. The van der Waals surface area contributed by atoms with Crippen molar-refractivity contribution in [2.45, 2.75) is 26.9 Å². The second-order valence-corrected chi connectivity index (χ2v) is 5.51. The summed E-state index contributed by atoms with van der Waals surface area (Å²) in [6.45, 7) is 5.65. The van der Waals surface area contributed by atoms with Crippen molar-refractivity contribution in [2.24, 2.45) is 0 Å². The molecule has 0 aliphatic carbocycles. The molecule has 23 heavy (non-hydrogen) atoms. The zero-order valence-corrected chi connectivity index (χ0v) is 14.5. The van der Waals surface area contributed by atoms with E-state index in [0.29, 0.717) is 23.9 Å². The van der Waals surface area contributed by atoms with Gasteiger partial charge >= 0.3 is 5.97 Å². The summed E-state index contributed by atoms with van der Waals surface area (Å²) in [5.74, 6) is -0.411. The lowest BCUT2D eigenvalue weighted by atomic mass is 10.1. The fourth-order valence-corrected chi connectivity index (χ4v) is 2.29. The van der Waals surface area contributed by atoms with Gasteiger partial charge in [0.15, 0.2) is 12.7 Å². The van der Waals surface area contributed by atoms with E-state index in [1.165, 1.54) is 14.0 Å². The highest BCUT2D eigenvalue weighted by Crippen LogP contribution is 2.26. The summed E-state index contributed by atoms with van der Waals surface area (Å²) in [6.07, 6.45) is -0.893. The van der Waals surface area contributed by atoms with Crippen molar-refractivity contribution in [3.63, 3.8) is 0 Å². The number of esters is 1. The molecule has 0 saturated carbocycles. The van der Waals surface area contributed by atoms with Crippen LogP contribution in [0.2, 0.25) is 5.02 Å². The first kappa shape index (κ1) is 19.3. The minimum atomic E-state index is -0.893. The number of rotatable bonds is 8. The minimum Gasteiger partial charge on any atom is -0.481 e. The van der Waals surface area contributed by atoms with E-state index >= 15 is 0 Å². The van der Waals surface area contributed by atoms with Gasteiger partial charge < -0.3 is 19.5 Å². The molecule has 1 aromatic rings. The molecule has 0 aliphatic rings. The van der Waals surface area contributed by atoms with Gasteiger partial charge in [0, 0.05) is 18.7 Å². The quantitative estimate of drug-likeness (QED) is 0.577. The molecule has 0 aliphatic heterocycles. The second kappa shape index (κ2) is 9.37. The number of aryl methyl sites for hydroxylation is 2. The maximum Gasteiger partial charge on any atom is 0.344 e. The lowest BCUT2D eigenvalue weighted by Gasteiger charge is -2.15. The second-order valence-electron chi connectivity index (χ2n) is 5.07. The van der Waals surface area contributed by atoms with Crippen LogP contribution in [0.15, 0.2) is 12.1 Å². The van der Waals surface area contributed by atoms with Crippen molar-refractivity contribution in [2.75, 3.05) is 26.9 Å². The number of ether oxygens (including phenoxy) is 3. The van der Waals surface area contributed by atoms with Gasteiger partial charge in [0.2, 0.25) is 0 Å². The van der Waals surface area contributed by atoms with E-state index in [-0.39, 0.29) is 12.5 Å². The molecule has 0 bridgehead atoms. The Bertz CT molecular complexity index is 538. The van der Waals surface area contributed by atoms with E-state index in [9.17, 15) is 9.59 Å². The molecule has 1 N–H and O–H groups in total. The molecule has 128 valence electrons. The van der Waals surface area contributed by atoms with Crippen LogP contribution in [0.1, 0.15) is 18.1 Å². The summed E-state index contributed by atoms with van der Waals surface area (Å²) in [5, 5.41) is 3.20. The minimum absolute atomic E-state index is 0.279. The van der Waals surface area contributed by atoms with E-state index in [0.717, 1.165) is 11.1 Å². The van der Waals surface area contributed by atoms with Gasteiger partial charge in [-0.2, -0.15) is 0 Å². The van der Waals surface area contributed by atoms with Crippen molar-refractivity contribution in [3.8, 4) is 5.75 Å². The van der Waals surface area contributed by atoms with Crippen molar-refractivity contribution >= 4 is 23.5 Å². The number of halogens is 1. The third-order valence-corrected chi connectivity index (χ3v) is 3.26. The molecule has 0 saturated heterocycles. The first-order chi connectivity index (χ1) is 10.8. The molecule has 6 nitrogen and oxygen atoms in total. The molecule has 0 unspecified atom stereocenters. The molecular formula is C16H22ClNO5. The molecule has 0 aromatic heterocycles. The van der Waals surface area contributed by atoms with Crippen LogP contribution in [0.3, 0.4) is 0 Å². The number of carbonyl (C=O) groups excluding carboxylic acids is 2. The maximum absolute atomic E-state index is 11.8. The molecule has 0 fully saturated rings. The Hall–Kier alpha value is -1.79. The number of carbonyl (C=O) groups is 2. The van der Waals surface area contributed by atoms with Crippen molar-refractivity contribution in [3.05, 3.63) is 28.3 Å². The van der Waals surface area contributed by atoms with Crippen LogP contribution in [0.5, 0.6) is 5.75 Å². The van der Waals surface area contributed by atoms with Crippen LogP contribution in [-0.2, 0) is 19.1 Å². The first-order valence-electron chi connectivity index (χ1n) is 7.20. The summed E-state index contributed by atoms with van der Waals surface area (Å²) < 4.78 is 15.3. The molecule has 7 heteroatoms. The number of hydrogen-bond donors (Lipinski definition) is 1. The largest absolute Gasteiger partial charge is 0.481 e. The lowest BCUT2D eigenvalue weighted by Crippen LogP contribution is -2.38. The molecule has 1 aromatic carbocycles. The van der Waals surface area contributed by atoms with Gasteiger partial charge in [-0.05, 0) is 44.0 Å². The van der Waals surface area contributed by atoms with Crippen LogP contribution in [0, 0.1) is 13.8 Å². The lowest BCUT2D eigenvalue weighted by molar-refractivity contribution is -0.156. The molecule has 1 atom stereocenters. The molecule has 1 amide bonds. The van der Waals surface area contributed by atoms with Crippen molar-refractivity contribution < 1.29 is 23.8 Å². The fourth-order valence-electron chi connectivity index (χ4n) is 1.96. The molecule has 1 rings (SSSR count). The maximum atomic E-state index is 11.8. The Morgan fingerprint density at radius 3 is 2.43 bits per heavy atom. The van der Waals surface area contributed by atoms with Crippen LogP contribution >= 0.6 is 11.6 Å². The average Bonchev–Trinajstić information content (AvgIpc) is 2.46. The Morgan fingerprint density at radius 2 is 1.87 bits per heavy atom. The van der Waals surface area contributed by atoms with Crippen molar-refractivity contribution in [1.29, 1.82) is 0 Å². The number of nitrogens with one attached hydrogen (secondary N) is 1. The van der Waals surface area contributed by atoms with Crippen LogP contribution in [-0.4, -0.2) is 44.8 Å². The van der Waals surface area contributed by atoms with Gasteiger partial charge in [-0.15, -0.1) is 0 Å². The van der Waals surface area contributed by atoms with Gasteiger partial charge in [-0.3, -0.25) is 4.79 Å². The van der Waals surface area contributed by atoms with Crippen molar-refractivity contribution in [1.82, 2.24) is 5.32 Å². The van der Waals surface area contributed by atoms with Gasteiger partial charge in [0.25, 0.3) is 5.91 Å². The normalized spacial score (nSPS) is 11.7. The summed E-state index contributed by atoms with van der Waals surface area (Å²) in [7, 11) is 1.54. The highest BCUT2D eigenvalue weighted by molar-refractivity contribution is 6.30. The standard InChI is InChI=1S/C16H22ClNO5/c1-10-7-13(17)8-11(2)15(10)22-9-14(19)23-12(3)16(20)18-5-6-21-4/h7-8,12H,5-6,9H2,1-4H3,(H,18,20)/t12-/m0/s1. The van der Waals surface area contributed by atoms with E-state index in [2.05, 4.69) is 5.32 Å². The predicted molar refractivity (Wildman–Crippen MR) is 86.9 cm³/mol. The van der Waals surface area contributed by atoms with E-state index in [4.69, 9.17) is 25.8 Å². The molecular weight excluding hydrogens is 322 g/mol. The number of benzene rings is 1. The molecule has 0 spiro atoms. The topological polar surface area (TPSA) is 73.9 Å². The summed E-state index contributed by atoms with van der Waals surface area (Å²) in [6, 6.07) is 3.50. The van der Waals surface area contributed by atoms with E-state index < -0.39 is 12.1 Å².